The largest absolute Gasteiger partial charge is 0.329 e. The summed E-state index contributed by atoms with van der Waals surface area (Å²) < 4.78 is 28.6. The summed E-state index contributed by atoms with van der Waals surface area (Å²) in [4.78, 5) is 20.4. The van der Waals surface area contributed by atoms with Crippen LogP contribution >= 0.6 is 11.3 Å². The van der Waals surface area contributed by atoms with E-state index in [4.69, 9.17) is 4.98 Å². The highest BCUT2D eigenvalue weighted by atomic mass is 32.2. The van der Waals surface area contributed by atoms with Crippen LogP contribution in [-0.4, -0.2) is 48.1 Å². The van der Waals surface area contributed by atoms with Crippen molar-refractivity contribution in [3.8, 4) is 0 Å². The first-order valence-corrected chi connectivity index (χ1v) is 13.1. The van der Waals surface area contributed by atoms with Gasteiger partial charge in [-0.1, -0.05) is 18.2 Å². The number of amides is 1. The first kappa shape index (κ1) is 20.6. The van der Waals surface area contributed by atoms with Crippen LogP contribution in [0, 0.1) is 0 Å². The minimum atomic E-state index is -3.56. The van der Waals surface area contributed by atoms with Crippen molar-refractivity contribution in [2.24, 2.45) is 0 Å². The molecule has 0 unspecified atom stereocenters. The first-order valence-electron chi connectivity index (χ1n) is 10.8. The standard InChI is InChI=1S/C23H25N3O3S2/c27-23(17-8-7-9-18(16-17)31(28,29)25-13-5-6-14-25)26-15-4-3-11-20(26)22-24-19-10-1-2-12-21(19)30-22/h1-2,7-10,12,16,20H,3-6,11,13-15H2/t20-/m0/s1. The van der Waals surface area contributed by atoms with Crippen molar-refractivity contribution in [2.75, 3.05) is 19.6 Å². The molecule has 2 aromatic carbocycles. The molecule has 1 amide bonds. The Balaban J connectivity index is 1.45. The monoisotopic (exact) mass is 455 g/mol. The molecule has 1 atom stereocenters. The summed E-state index contributed by atoms with van der Waals surface area (Å²) in [5.41, 5.74) is 1.38. The fourth-order valence-electron chi connectivity index (χ4n) is 4.50. The number of benzene rings is 2. The summed E-state index contributed by atoms with van der Waals surface area (Å²) in [6.45, 7) is 1.75. The second-order valence-corrected chi connectivity index (χ2v) is 11.2. The molecule has 0 saturated carbocycles. The number of aromatic nitrogens is 1. The van der Waals surface area contributed by atoms with Crippen molar-refractivity contribution in [3.63, 3.8) is 0 Å². The van der Waals surface area contributed by atoms with Gasteiger partial charge >= 0.3 is 0 Å². The van der Waals surface area contributed by atoms with E-state index in [0.29, 0.717) is 25.2 Å². The molecule has 2 saturated heterocycles. The van der Waals surface area contributed by atoms with E-state index in [2.05, 4.69) is 6.07 Å². The zero-order chi connectivity index (χ0) is 21.4. The first-order chi connectivity index (χ1) is 15.0. The molecule has 2 aliphatic heterocycles. The molecule has 0 bridgehead atoms. The van der Waals surface area contributed by atoms with Gasteiger partial charge in [-0.15, -0.1) is 11.3 Å². The number of hydrogen-bond acceptors (Lipinski definition) is 5. The Morgan fingerprint density at radius 1 is 0.968 bits per heavy atom. The molecule has 0 radical (unpaired) electrons. The Kier molecular flexibility index (Phi) is 5.54. The molecule has 0 spiro atoms. The van der Waals surface area contributed by atoms with Crippen LogP contribution in [0.4, 0.5) is 0 Å². The third-order valence-electron chi connectivity index (χ3n) is 6.14. The number of likely N-dealkylation sites (tertiary alicyclic amines) is 1. The molecule has 3 aromatic rings. The fourth-order valence-corrected chi connectivity index (χ4v) is 7.18. The molecule has 0 aliphatic carbocycles. The van der Waals surface area contributed by atoms with Crippen molar-refractivity contribution in [2.45, 2.75) is 43.0 Å². The molecular weight excluding hydrogens is 430 g/mol. The molecular formula is C23H25N3O3S2. The van der Waals surface area contributed by atoms with E-state index in [0.717, 1.165) is 47.3 Å². The molecule has 0 N–H and O–H groups in total. The molecule has 3 heterocycles. The summed E-state index contributed by atoms with van der Waals surface area (Å²) in [7, 11) is -3.56. The topological polar surface area (TPSA) is 70.6 Å². The molecule has 1 aromatic heterocycles. The van der Waals surface area contributed by atoms with Crippen LogP contribution in [0.15, 0.2) is 53.4 Å². The maximum atomic E-state index is 13.5. The van der Waals surface area contributed by atoms with E-state index in [-0.39, 0.29) is 16.8 Å². The number of para-hydroxylation sites is 1. The zero-order valence-electron chi connectivity index (χ0n) is 17.2. The highest BCUT2D eigenvalue weighted by molar-refractivity contribution is 7.89. The Bertz CT molecular complexity index is 1180. The van der Waals surface area contributed by atoms with Crippen LogP contribution < -0.4 is 0 Å². The zero-order valence-corrected chi connectivity index (χ0v) is 18.9. The van der Waals surface area contributed by atoms with Crippen molar-refractivity contribution in [1.82, 2.24) is 14.2 Å². The molecule has 6 nitrogen and oxygen atoms in total. The van der Waals surface area contributed by atoms with Crippen molar-refractivity contribution in [1.29, 1.82) is 0 Å². The van der Waals surface area contributed by atoms with Gasteiger partial charge in [0.05, 0.1) is 21.2 Å². The van der Waals surface area contributed by atoms with Crippen LogP contribution in [0.3, 0.4) is 0 Å². The van der Waals surface area contributed by atoms with E-state index in [1.54, 1.807) is 35.6 Å². The summed E-state index contributed by atoms with van der Waals surface area (Å²) in [6.07, 6.45) is 4.63. The van der Waals surface area contributed by atoms with Crippen molar-refractivity contribution >= 4 is 37.5 Å². The van der Waals surface area contributed by atoms with Gasteiger partial charge in [-0.2, -0.15) is 4.31 Å². The molecule has 8 heteroatoms. The van der Waals surface area contributed by atoms with Crippen molar-refractivity contribution < 1.29 is 13.2 Å². The Hall–Kier alpha value is -2.29. The summed E-state index contributed by atoms with van der Waals surface area (Å²) >= 11 is 1.64. The minimum Gasteiger partial charge on any atom is -0.329 e. The average Bonchev–Trinajstić information content (AvgIpc) is 3.49. The molecule has 2 aliphatic rings. The number of carbonyl (C=O) groups is 1. The molecule has 162 valence electrons. The predicted molar refractivity (Wildman–Crippen MR) is 122 cm³/mol. The Morgan fingerprint density at radius 3 is 2.55 bits per heavy atom. The van der Waals surface area contributed by atoms with E-state index < -0.39 is 10.0 Å². The van der Waals surface area contributed by atoms with Gasteiger partial charge < -0.3 is 4.90 Å². The van der Waals surface area contributed by atoms with Gasteiger partial charge in [-0.25, -0.2) is 13.4 Å². The van der Waals surface area contributed by atoms with Crippen LogP contribution in [-0.2, 0) is 10.0 Å². The van der Waals surface area contributed by atoms with Crippen LogP contribution in [0.5, 0.6) is 0 Å². The number of hydrogen-bond donors (Lipinski definition) is 0. The van der Waals surface area contributed by atoms with Gasteiger partial charge in [0.15, 0.2) is 0 Å². The van der Waals surface area contributed by atoms with E-state index in [1.807, 2.05) is 23.1 Å². The highest BCUT2D eigenvalue weighted by Gasteiger charge is 2.32. The van der Waals surface area contributed by atoms with E-state index in [1.165, 1.54) is 4.31 Å². The highest BCUT2D eigenvalue weighted by Crippen LogP contribution is 2.36. The lowest BCUT2D eigenvalue weighted by molar-refractivity contribution is 0.0611. The number of piperidine rings is 1. The van der Waals surface area contributed by atoms with Gasteiger partial charge in [0, 0.05) is 25.2 Å². The van der Waals surface area contributed by atoms with Crippen LogP contribution in [0.1, 0.15) is 53.5 Å². The summed E-state index contributed by atoms with van der Waals surface area (Å²) in [5, 5.41) is 0.954. The number of fused-ring (bicyclic) bond motifs is 1. The number of nitrogens with zero attached hydrogens (tertiary/aromatic N) is 3. The van der Waals surface area contributed by atoms with E-state index in [9.17, 15) is 13.2 Å². The van der Waals surface area contributed by atoms with Gasteiger partial charge in [0.1, 0.15) is 5.01 Å². The lowest BCUT2D eigenvalue weighted by Crippen LogP contribution is -2.38. The third-order valence-corrected chi connectivity index (χ3v) is 9.18. The minimum absolute atomic E-state index is 0.0718. The summed E-state index contributed by atoms with van der Waals surface area (Å²) in [6, 6.07) is 14.5. The smallest absolute Gasteiger partial charge is 0.254 e. The van der Waals surface area contributed by atoms with Crippen LogP contribution in [0.2, 0.25) is 0 Å². The predicted octanol–water partition coefficient (Wildman–Crippen LogP) is 4.45. The molecule has 5 rings (SSSR count). The van der Waals surface area contributed by atoms with Gasteiger partial charge in [-0.05, 0) is 62.4 Å². The number of thiazole rings is 1. The molecule has 2 fully saturated rings. The summed E-state index contributed by atoms with van der Waals surface area (Å²) in [5.74, 6) is -0.123. The SMILES string of the molecule is O=C(c1cccc(S(=O)(=O)N2CCCC2)c1)N1CCCC[C@H]1c1nc2ccccc2s1. The normalized spacial score (nSPS) is 20.4. The van der Waals surface area contributed by atoms with Gasteiger partial charge in [0.25, 0.3) is 5.91 Å². The quantitative estimate of drug-likeness (QED) is 0.583. The second kappa shape index (κ2) is 8.33. The molecule has 31 heavy (non-hydrogen) atoms. The third kappa shape index (κ3) is 3.88. The number of carbonyl (C=O) groups excluding carboxylic acids is 1. The lowest BCUT2D eigenvalue weighted by atomic mass is 10.0. The number of sulfonamides is 1. The second-order valence-electron chi connectivity index (χ2n) is 8.17. The van der Waals surface area contributed by atoms with Crippen LogP contribution in [0.25, 0.3) is 10.2 Å². The van der Waals surface area contributed by atoms with Gasteiger partial charge in [0.2, 0.25) is 10.0 Å². The average molecular weight is 456 g/mol. The van der Waals surface area contributed by atoms with E-state index >= 15 is 0 Å². The fraction of sp³-hybridized carbons (Fsp3) is 0.391. The maximum absolute atomic E-state index is 13.5. The lowest BCUT2D eigenvalue weighted by Gasteiger charge is -2.34. The Morgan fingerprint density at radius 2 is 1.74 bits per heavy atom. The van der Waals surface area contributed by atoms with Gasteiger partial charge in [-0.3, -0.25) is 4.79 Å². The maximum Gasteiger partial charge on any atom is 0.254 e. The number of rotatable bonds is 4. The van der Waals surface area contributed by atoms with Crippen molar-refractivity contribution in [3.05, 3.63) is 59.1 Å². The Labute approximate surface area is 186 Å².